The Hall–Kier alpha value is -1.71. The molecule has 1 heterocycles. The Kier molecular flexibility index (Phi) is 5.10. The van der Waals surface area contributed by atoms with Crippen LogP contribution in [0.3, 0.4) is 0 Å². The topological polar surface area (TPSA) is 49.8 Å². The Balaban J connectivity index is 2.13. The van der Waals surface area contributed by atoms with Crippen molar-refractivity contribution < 1.29 is 14.6 Å². The van der Waals surface area contributed by atoms with Gasteiger partial charge in [-0.25, -0.2) is 0 Å². The van der Waals surface area contributed by atoms with Gasteiger partial charge in [-0.05, 0) is 49.3 Å². The minimum absolute atomic E-state index is 0.0189. The molecular weight excluding hydrogens is 266 g/mol. The molecule has 1 atom stereocenters. The lowest BCUT2D eigenvalue weighted by atomic mass is 9.89. The van der Waals surface area contributed by atoms with Gasteiger partial charge in [0.05, 0.1) is 12.7 Å². The van der Waals surface area contributed by atoms with Crippen LogP contribution < -0.4 is 4.74 Å². The summed E-state index contributed by atoms with van der Waals surface area (Å²) in [4.78, 5) is 14.5. The van der Waals surface area contributed by atoms with Gasteiger partial charge >= 0.3 is 0 Å². The van der Waals surface area contributed by atoms with E-state index in [2.05, 4.69) is 13.8 Å². The van der Waals surface area contributed by atoms with Crippen LogP contribution in [-0.2, 0) is 0 Å². The number of aromatic hydroxyl groups is 1. The molecule has 1 aromatic carbocycles. The van der Waals surface area contributed by atoms with Crippen molar-refractivity contribution in [1.29, 1.82) is 0 Å². The number of likely N-dealkylation sites (tertiary alicyclic amines) is 1. The Morgan fingerprint density at radius 2 is 2.10 bits per heavy atom. The Morgan fingerprint density at radius 1 is 1.33 bits per heavy atom. The van der Waals surface area contributed by atoms with E-state index in [-0.39, 0.29) is 11.7 Å². The van der Waals surface area contributed by atoms with Gasteiger partial charge in [0.15, 0.2) is 0 Å². The molecule has 1 N–H and O–H groups in total. The predicted molar refractivity (Wildman–Crippen MR) is 82.7 cm³/mol. The standard InChI is InChI=1S/C17H25NO3/c1-12(2)13-5-4-9-18(10-8-13)17(20)15-11-14(21-3)6-7-16(15)19/h6-7,11-13,19H,4-5,8-10H2,1-3H3. The zero-order chi connectivity index (χ0) is 15.4. The smallest absolute Gasteiger partial charge is 0.257 e. The van der Waals surface area contributed by atoms with Crippen LogP contribution in [0.4, 0.5) is 0 Å². The first-order valence-corrected chi connectivity index (χ1v) is 7.69. The van der Waals surface area contributed by atoms with E-state index in [0.717, 1.165) is 25.9 Å². The van der Waals surface area contributed by atoms with Crippen LogP contribution in [-0.4, -0.2) is 36.1 Å². The van der Waals surface area contributed by atoms with Gasteiger partial charge in [0, 0.05) is 13.1 Å². The van der Waals surface area contributed by atoms with Gasteiger partial charge in [0.25, 0.3) is 5.91 Å². The van der Waals surface area contributed by atoms with Gasteiger partial charge in [-0.2, -0.15) is 0 Å². The van der Waals surface area contributed by atoms with Gasteiger partial charge in [-0.1, -0.05) is 13.8 Å². The molecule has 1 amide bonds. The number of methoxy groups -OCH3 is 1. The van der Waals surface area contributed by atoms with Crippen molar-refractivity contribution in [2.24, 2.45) is 11.8 Å². The normalized spacial score (nSPS) is 19.4. The second-order valence-corrected chi connectivity index (χ2v) is 6.11. The molecule has 0 saturated carbocycles. The molecule has 2 rings (SSSR count). The van der Waals surface area contributed by atoms with Crippen LogP contribution in [0.15, 0.2) is 18.2 Å². The number of rotatable bonds is 3. The van der Waals surface area contributed by atoms with E-state index < -0.39 is 0 Å². The average Bonchev–Trinajstić information content (AvgIpc) is 2.73. The van der Waals surface area contributed by atoms with Crippen molar-refractivity contribution in [1.82, 2.24) is 4.90 Å². The van der Waals surface area contributed by atoms with Gasteiger partial charge in [0.2, 0.25) is 0 Å². The molecule has 1 aliphatic heterocycles. The number of carbonyl (C=O) groups excluding carboxylic acids is 1. The van der Waals surface area contributed by atoms with E-state index >= 15 is 0 Å². The summed E-state index contributed by atoms with van der Waals surface area (Å²) in [6.45, 7) is 6.02. The zero-order valence-corrected chi connectivity index (χ0v) is 13.1. The number of ether oxygens (including phenoxy) is 1. The number of carbonyl (C=O) groups is 1. The summed E-state index contributed by atoms with van der Waals surface area (Å²) >= 11 is 0. The average molecular weight is 291 g/mol. The molecule has 1 fully saturated rings. The third-order valence-corrected chi connectivity index (χ3v) is 4.44. The number of hydrogen-bond donors (Lipinski definition) is 1. The van der Waals surface area contributed by atoms with Gasteiger partial charge in [-0.15, -0.1) is 0 Å². The second-order valence-electron chi connectivity index (χ2n) is 6.11. The Bertz CT molecular complexity index is 499. The van der Waals surface area contributed by atoms with E-state index in [0.29, 0.717) is 23.1 Å². The summed E-state index contributed by atoms with van der Waals surface area (Å²) < 4.78 is 5.14. The molecule has 0 radical (unpaired) electrons. The summed E-state index contributed by atoms with van der Waals surface area (Å²) in [5.41, 5.74) is 0.331. The molecule has 0 aromatic heterocycles. The van der Waals surface area contributed by atoms with Crippen LogP contribution in [0.5, 0.6) is 11.5 Å². The van der Waals surface area contributed by atoms with Crippen molar-refractivity contribution in [2.45, 2.75) is 33.1 Å². The summed E-state index contributed by atoms with van der Waals surface area (Å²) in [6.07, 6.45) is 3.24. The van der Waals surface area contributed by atoms with Gasteiger partial charge < -0.3 is 14.7 Å². The molecular formula is C17H25NO3. The van der Waals surface area contributed by atoms with Crippen LogP contribution in [0.1, 0.15) is 43.5 Å². The largest absolute Gasteiger partial charge is 0.507 e. The molecule has 21 heavy (non-hydrogen) atoms. The quantitative estimate of drug-likeness (QED) is 0.929. The van der Waals surface area contributed by atoms with E-state index in [1.807, 2.05) is 4.90 Å². The minimum atomic E-state index is -0.101. The van der Waals surface area contributed by atoms with E-state index in [9.17, 15) is 9.90 Å². The fourth-order valence-electron chi connectivity index (χ4n) is 2.98. The van der Waals surface area contributed by atoms with Gasteiger partial charge in [-0.3, -0.25) is 4.79 Å². The molecule has 0 spiro atoms. The van der Waals surface area contributed by atoms with E-state index in [1.54, 1.807) is 19.2 Å². The number of amides is 1. The van der Waals surface area contributed by atoms with E-state index in [1.165, 1.54) is 12.5 Å². The molecule has 1 aliphatic rings. The predicted octanol–water partition coefficient (Wildman–Crippen LogP) is 3.30. The number of benzene rings is 1. The lowest BCUT2D eigenvalue weighted by Crippen LogP contribution is -2.32. The number of hydrogen-bond acceptors (Lipinski definition) is 3. The first-order chi connectivity index (χ1) is 10.0. The SMILES string of the molecule is COc1ccc(O)c(C(=O)N2CCCC(C(C)C)CC2)c1. The number of phenolic OH excluding ortho intramolecular Hbond substituents is 1. The first-order valence-electron chi connectivity index (χ1n) is 7.69. The molecule has 1 unspecified atom stereocenters. The van der Waals surface area contributed by atoms with Crippen molar-refractivity contribution in [3.63, 3.8) is 0 Å². The van der Waals surface area contributed by atoms with Crippen molar-refractivity contribution in [2.75, 3.05) is 20.2 Å². The molecule has 4 heteroatoms. The fourth-order valence-corrected chi connectivity index (χ4v) is 2.98. The van der Waals surface area contributed by atoms with Crippen LogP contribution in [0.25, 0.3) is 0 Å². The zero-order valence-electron chi connectivity index (χ0n) is 13.1. The fraction of sp³-hybridized carbons (Fsp3) is 0.588. The third-order valence-electron chi connectivity index (χ3n) is 4.44. The lowest BCUT2D eigenvalue weighted by molar-refractivity contribution is 0.0755. The Morgan fingerprint density at radius 3 is 2.76 bits per heavy atom. The van der Waals surface area contributed by atoms with E-state index in [4.69, 9.17) is 4.74 Å². The van der Waals surface area contributed by atoms with Gasteiger partial charge in [0.1, 0.15) is 11.5 Å². The molecule has 116 valence electrons. The highest BCUT2D eigenvalue weighted by molar-refractivity contribution is 5.97. The molecule has 1 saturated heterocycles. The highest BCUT2D eigenvalue weighted by Crippen LogP contribution is 2.28. The van der Waals surface area contributed by atoms with Crippen LogP contribution in [0.2, 0.25) is 0 Å². The third kappa shape index (κ3) is 3.69. The summed E-state index contributed by atoms with van der Waals surface area (Å²) in [5, 5.41) is 9.94. The minimum Gasteiger partial charge on any atom is -0.507 e. The van der Waals surface area contributed by atoms with Crippen LogP contribution in [0, 0.1) is 11.8 Å². The molecule has 0 bridgehead atoms. The summed E-state index contributed by atoms with van der Waals surface area (Å²) in [5.74, 6) is 1.85. The molecule has 0 aliphatic carbocycles. The maximum Gasteiger partial charge on any atom is 0.257 e. The lowest BCUT2D eigenvalue weighted by Gasteiger charge is -2.22. The molecule has 1 aromatic rings. The highest BCUT2D eigenvalue weighted by Gasteiger charge is 2.24. The first kappa shape index (κ1) is 15.7. The summed E-state index contributed by atoms with van der Waals surface area (Å²) in [6, 6.07) is 4.78. The summed E-state index contributed by atoms with van der Waals surface area (Å²) in [7, 11) is 1.56. The number of nitrogens with zero attached hydrogens (tertiary/aromatic N) is 1. The van der Waals surface area contributed by atoms with Crippen molar-refractivity contribution in [3.8, 4) is 11.5 Å². The van der Waals surface area contributed by atoms with Crippen LogP contribution >= 0.6 is 0 Å². The van der Waals surface area contributed by atoms with Crippen molar-refractivity contribution >= 4 is 5.91 Å². The monoisotopic (exact) mass is 291 g/mol. The number of phenols is 1. The second kappa shape index (κ2) is 6.83. The van der Waals surface area contributed by atoms with Crippen molar-refractivity contribution in [3.05, 3.63) is 23.8 Å². The Labute approximate surface area is 126 Å². The maximum absolute atomic E-state index is 12.6. The highest BCUT2D eigenvalue weighted by atomic mass is 16.5. The molecule has 4 nitrogen and oxygen atoms in total. The maximum atomic E-state index is 12.6.